The summed E-state index contributed by atoms with van der Waals surface area (Å²) in [5.74, 6) is 0. The van der Waals surface area contributed by atoms with Gasteiger partial charge in [0.05, 0.1) is 7.11 Å². The smallest absolute Gasteiger partial charge is 0.438 e. The Bertz CT molecular complexity index is 376. The molecular weight excluding hydrogens is 242 g/mol. The molecule has 0 spiro atoms. The average Bonchev–Trinajstić information content (AvgIpc) is 2.46. The molecule has 0 saturated carbocycles. The highest BCUT2D eigenvalue weighted by molar-refractivity contribution is 5.59. The summed E-state index contributed by atoms with van der Waals surface area (Å²) in [6, 6.07) is 10.3. The maximum atomic E-state index is 10.6. The van der Waals surface area contributed by atoms with Gasteiger partial charge in [-0.15, -0.1) is 0 Å². The number of benzene rings is 1. The minimum Gasteiger partial charge on any atom is -0.438 e. The maximum Gasteiger partial charge on any atom is 0.508 e. The molecule has 1 aromatic rings. The Morgan fingerprint density at radius 1 is 1.26 bits per heavy atom. The first-order chi connectivity index (χ1) is 9.33. The van der Waals surface area contributed by atoms with Crippen molar-refractivity contribution in [3.8, 4) is 0 Å². The second-order valence-electron chi connectivity index (χ2n) is 4.04. The van der Waals surface area contributed by atoms with E-state index < -0.39 is 6.16 Å². The third-order valence-corrected chi connectivity index (χ3v) is 2.53. The van der Waals surface area contributed by atoms with E-state index in [2.05, 4.69) is 22.2 Å². The fourth-order valence-electron chi connectivity index (χ4n) is 1.53. The van der Waals surface area contributed by atoms with E-state index >= 15 is 0 Å². The molecule has 0 unspecified atom stereocenters. The maximum absolute atomic E-state index is 10.6. The number of hydrogen-bond acceptors (Lipinski definition) is 4. The van der Waals surface area contributed by atoms with Crippen LogP contribution in [0.25, 0.3) is 0 Å². The van der Waals surface area contributed by atoms with E-state index in [4.69, 9.17) is 4.74 Å². The Balaban J connectivity index is 1.94. The summed E-state index contributed by atoms with van der Waals surface area (Å²) in [4.78, 5) is 10.6. The fourth-order valence-corrected chi connectivity index (χ4v) is 1.53. The average molecular weight is 263 g/mol. The predicted octanol–water partition coefficient (Wildman–Crippen LogP) is 2.90. The van der Waals surface area contributed by atoms with Crippen LogP contribution in [0.5, 0.6) is 0 Å². The first-order valence-corrected chi connectivity index (χ1v) is 6.43. The van der Waals surface area contributed by atoms with Crippen molar-refractivity contribution in [1.82, 2.24) is 5.32 Å². The fraction of sp³-hybridized carbons (Fsp3) is 0.400. The zero-order valence-corrected chi connectivity index (χ0v) is 11.3. The Hall–Kier alpha value is -1.81. The highest BCUT2D eigenvalue weighted by Gasteiger charge is 1.95. The van der Waals surface area contributed by atoms with Gasteiger partial charge in [0.1, 0.15) is 6.61 Å². The second kappa shape index (κ2) is 10.1. The molecule has 1 N–H and O–H groups in total. The molecule has 0 aliphatic carbocycles. The molecule has 4 heteroatoms. The van der Waals surface area contributed by atoms with E-state index in [1.54, 1.807) is 0 Å². The number of allylic oxidation sites excluding steroid dienone is 1. The molecule has 0 amide bonds. The van der Waals surface area contributed by atoms with Crippen LogP contribution in [-0.2, 0) is 16.0 Å². The SMILES string of the molecule is COC(=O)OC/C=C/CCCNCc1ccccc1. The number of carbonyl (C=O) groups excluding carboxylic acids is 1. The van der Waals surface area contributed by atoms with Gasteiger partial charge in [-0.1, -0.05) is 42.5 Å². The molecule has 1 rings (SSSR count). The summed E-state index contributed by atoms with van der Waals surface area (Å²) < 4.78 is 9.06. The minimum absolute atomic E-state index is 0.268. The van der Waals surface area contributed by atoms with E-state index in [-0.39, 0.29) is 6.61 Å². The number of carbonyl (C=O) groups is 1. The van der Waals surface area contributed by atoms with Crippen LogP contribution >= 0.6 is 0 Å². The molecule has 0 aliphatic heterocycles. The zero-order valence-electron chi connectivity index (χ0n) is 11.3. The van der Waals surface area contributed by atoms with E-state index in [9.17, 15) is 4.79 Å². The summed E-state index contributed by atoms with van der Waals surface area (Å²) in [6.45, 7) is 2.14. The van der Waals surface area contributed by atoms with Crippen molar-refractivity contribution in [2.75, 3.05) is 20.3 Å². The lowest BCUT2D eigenvalue weighted by molar-refractivity contribution is 0.0817. The Morgan fingerprint density at radius 3 is 2.79 bits per heavy atom. The zero-order chi connectivity index (χ0) is 13.8. The van der Waals surface area contributed by atoms with Crippen LogP contribution in [0.4, 0.5) is 4.79 Å². The van der Waals surface area contributed by atoms with Crippen LogP contribution in [0.3, 0.4) is 0 Å². The topological polar surface area (TPSA) is 47.6 Å². The molecule has 1 aromatic carbocycles. The van der Waals surface area contributed by atoms with Crippen LogP contribution < -0.4 is 5.32 Å². The molecule has 4 nitrogen and oxygen atoms in total. The largest absolute Gasteiger partial charge is 0.508 e. The molecule has 104 valence electrons. The van der Waals surface area contributed by atoms with Gasteiger partial charge in [-0.3, -0.25) is 0 Å². The number of unbranched alkanes of at least 4 members (excludes halogenated alkanes) is 1. The van der Waals surface area contributed by atoms with E-state index in [0.717, 1.165) is 25.9 Å². The van der Waals surface area contributed by atoms with Crippen molar-refractivity contribution in [1.29, 1.82) is 0 Å². The summed E-state index contributed by atoms with van der Waals surface area (Å²) in [7, 11) is 1.30. The molecule has 0 fully saturated rings. The van der Waals surface area contributed by atoms with Crippen molar-refractivity contribution in [2.45, 2.75) is 19.4 Å². The lowest BCUT2D eigenvalue weighted by Crippen LogP contribution is -2.14. The van der Waals surface area contributed by atoms with Gasteiger partial charge in [-0.05, 0) is 24.9 Å². The first kappa shape index (κ1) is 15.2. The first-order valence-electron chi connectivity index (χ1n) is 6.43. The molecule has 0 heterocycles. The summed E-state index contributed by atoms with van der Waals surface area (Å²) in [5.41, 5.74) is 1.30. The minimum atomic E-state index is -0.644. The van der Waals surface area contributed by atoms with Gasteiger partial charge in [-0.25, -0.2) is 4.79 Å². The van der Waals surface area contributed by atoms with Crippen LogP contribution in [0.15, 0.2) is 42.5 Å². The molecule has 19 heavy (non-hydrogen) atoms. The molecule has 0 radical (unpaired) electrons. The number of hydrogen-bond donors (Lipinski definition) is 1. The van der Waals surface area contributed by atoms with Gasteiger partial charge in [0.25, 0.3) is 0 Å². The lowest BCUT2D eigenvalue weighted by Gasteiger charge is -2.03. The van der Waals surface area contributed by atoms with E-state index in [1.807, 2.05) is 30.4 Å². The van der Waals surface area contributed by atoms with Gasteiger partial charge < -0.3 is 14.8 Å². The van der Waals surface area contributed by atoms with Gasteiger partial charge in [0.15, 0.2) is 0 Å². The van der Waals surface area contributed by atoms with Crippen LogP contribution in [0, 0.1) is 0 Å². The third kappa shape index (κ3) is 8.00. The quantitative estimate of drug-likeness (QED) is 0.445. The van der Waals surface area contributed by atoms with Crippen molar-refractivity contribution in [3.05, 3.63) is 48.0 Å². The Kier molecular flexibility index (Phi) is 8.14. The van der Waals surface area contributed by atoms with Gasteiger partial charge in [0, 0.05) is 6.54 Å². The summed E-state index contributed by atoms with van der Waals surface area (Å²) >= 11 is 0. The van der Waals surface area contributed by atoms with Gasteiger partial charge >= 0.3 is 6.16 Å². The molecule has 0 saturated heterocycles. The van der Waals surface area contributed by atoms with E-state index in [1.165, 1.54) is 12.7 Å². The molecule has 0 atom stereocenters. The van der Waals surface area contributed by atoms with Crippen LogP contribution in [0.1, 0.15) is 18.4 Å². The van der Waals surface area contributed by atoms with Crippen LogP contribution in [-0.4, -0.2) is 26.4 Å². The molecule has 0 aromatic heterocycles. The van der Waals surface area contributed by atoms with Crippen molar-refractivity contribution in [2.24, 2.45) is 0 Å². The number of ether oxygens (including phenoxy) is 2. The highest BCUT2D eigenvalue weighted by atomic mass is 16.7. The predicted molar refractivity (Wildman–Crippen MR) is 74.9 cm³/mol. The third-order valence-electron chi connectivity index (χ3n) is 2.53. The number of rotatable bonds is 8. The molecule has 0 aliphatic rings. The van der Waals surface area contributed by atoms with Crippen molar-refractivity contribution < 1.29 is 14.3 Å². The summed E-state index contributed by atoms with van der Waals surface area (Å²) in [5, 5.41) is 3.38. The highest BCUT2D eigenvalue weighted by Crippen LogP contribution is 1.97. The van der Waals surface area contributed by atoms with E-state index in [0.29, 0.717) is 0 Å². The monoisotopic (exact) mass is 263 g/mol. The Morgan fingerprint density at radius 2 is 2.05 bits per heavy atom. The lowest BCUT2D eigenvalue weighted by atomic mass is 10.2. The van der Waals surface area contributed by atoms with Crippen molar-refractivity contribution in [3.63, 3.8) is 0 Å². The van der Waals surface area contributed by atoms with Crippen molar-refractivity contribution >= 4 is 6.16 Å². The van der Waals surface area contributed by atoms with Gasteiger partial charge in [-0.2, -0.15) is 0 Å². The standard InChI is InChI=1S/C15H21NO3/c1-18-15(17)19-12-8-3-2-7-11-16-13-14-9-5-4-6-10-14/h3-6,8-10,16H,2,7,11-13H2,1H3/b8-3+. The Labute approximate surface area is 114 Å². The number of methoxy groups -OCH3 is 1. The van der Waals surface area contributed by atoms with Crippen LogP contribution in [0.2, 0.25) is 0 Å². The molecule has 0 bridgehead atoms. The van der Waals surface area contributed by atoms with Gasteiger partial charge in [0.2, 0.25) is 0 Å². The molecular formula is C15H21NO3. The summed E-state index contributed by atoms with van der Waals surface area (Å²) in [6.07, 6.45) is 5.21. The number of nitrogens with one attached hydrogen (secondary N) is 1. The normalized spacial score (nSPS) is 10.6. The second-order valence-corrected chi connectivity index (χ2v) is 4.04.